The molecule has 5 nitrogen and oxygen atoms in total. The zero-order valence-corrected chi connectivity index (χ0v) is 13.2. The van der Waals surface area contributed by atoms with E-state index >= 15 is 0 Å². The second kappa shape index (κ2) is 7.30. The summed E-state index contributed by atoms with van der Waals surface area (Å²) in [6, 6.07) is 0. The van der Waals surface area contributed by atoms with E-state index in [2.05, 4.69) is 0 Å². The van der Waals surface area contributed by atoms with Crippen LogP contribution in [0.15, 0.2) is 0 Å². The first kappa shape index (κ1) is 18.7. The Morgan fingerprint density at radius 1 is 1.05 bits per heavy atom. The van der Waals surface area contributed by atoms with Crippen molar-refractivity contribution in [3.63, 3.8) is 0 Å². The maximum Gasteiger partial charge on any atom is 0.449 e. The molecule has 1 aliphatic heterocycles. The molecule has 0 aromatic rings. The number of carbonyl (C=O) groups is 2. The zero-order chi connectivity index (χ0) is 17.0. The molecule has 0 N–H and O–H groups in total. The summed E-state index contributed by atoms with van der Waals surface area (Å²) in [5.41, 5.74) is -0.549. The van der Waals surface area contributed by atoms with E-state index in [4.69, 9.17) is 4.74 Å². The van der Waals surface area contributed by atoms with E-state index in [0.717, 1.165) is 0 Å². The van der Waals surface area contributed by atoms with Crippen LogP contribution in [0.4, 0.5) is 18.0 Å². The first-order valence-electron chi connectivity index (χ1n) is 7.29. The smallest absolute Gasteiger partial charge is 0.444 e. The van der Waals surface area contributed by atoms with Crippen molar-refractivity contribution in [2.45, 2.75) is 45.4 Å². The quantitative estimate of drug-likeness (QED) is 0.797. The molecule has 1 aliphatic rings. The Bertz CT molecular complexity index is 397. The second-order valence-corrected chi connectivity index (χ2v) is 6.33. The Balaban J connectivity index is 2.26. The summed E-state index contributed by atoms with van der Waals surface area (Å²) in [6.07, 6.45) is -5.44. The van der Waals surface area contributed by atoms with Crippen molar-refractivity contribution >= 4 is 11.9 Å². The predicted octanol–water partition coefficient (Wildman–Crippen LogP) is 2.45. The molecule has 0 atom stereocenters. The van der Waals surface area contributed by atoms with Gasteiger partial charge >= 0.3 is 12.3 Å². The Morgan fingerprint density at radius 2 is 1.59 bits per heavy atom. The Hall–Kier alpha value is -1.31. The summed E-state index contributed by atoms with van der Waals surface area (Å²) in [5, 5.41) is 0. The van der Waals surface area contributed by atoms with E-state index in [0.29, 0.717) is 32.7 Å². The fraction of sp³-hybridized carbons (Fsp3) is 0.857. The molecule has 22 heavy (non-hydrogen) atoms. The normalized spacial score (nSPS) is 17.5. The first-order chi connectivity index (χ1) is 9.99. The van der Waals surface area contributed by atoms with Crippen LogP contribution in [0.5, 0.6) is 0 Å². The number of Topliss-reactive ketones (excluding diaryl/α,β-unsaturated/α-hetero) is 1. The summed E-state index contributed by atoms with van der Waals surface area (Å²) >= 11 is 0. The van der Waals surface area contributed by atoms with Gasteiger partial charge in [0.25, 0.3) is 0 Å². The van der Waals surface area contributed by atoms with Gasteiger partial charge < -0.3 is 9.64 Å². The van der Waals surface area contributed by atoms with E-state index in [1.165, 1.54) is 0 Å². The third-order valence-corrected chi connectivity index (χ3v) is 3.22. The van der Waals surface area contributed by atoms with Crippen LogP contribution in [0.25, 0.3) is 0 Å². The van der Waals surface area contributed by atoms with Gasteiger partial charge in [-0.05, 0) is 33.7 Å². The maximum absolute atomic E-state index is 12.1. The van der Waals surface area contributed by atoms with Crippen molar-refractivity contribution in [3.05, 3.63) is 0 Å². The summed E-state index contributed by atoms with van der Waals surface area (Å²) < 4.78 is 41.5. The van der Waals surface area contributed by atoms with Crippen LogP contribution in [0.3, 0.4) is 0 Å². The standard InChI is InChI=1S/C14H23F3N2O3/c1-13(2,3)22-12(21)19-9-7-18(8-10-19)6-4-5-11(20)14(15,16)17/h4-10H2,1-3H3. The van der Waals surface area contributed by atoms with Crippen LogP contribution in [0.1, 0.15) is 33.6 Å². The number of carbonyl (C=O) groups excluding carboxylic acids is 2. The number of piperazine rings is 1. The Kier molecular flexibility index (Phi) is 6.22. The van der Waals surface area contributed by atoms with E-state index in [1.807, 2.05) is 4.90 Å². The van der Waals surface area contributed by atoms with Gasteiger partial charge in [-0.3, -0.25) is 9.69 Å². The monoisotopic (exact) mass is 324 g/mol. The molecule has 0 aromatic carbocycles. The molecule has 0 unspecified atom stereocenters. The number of alkyl halides is 3. The van der Waals surface area contributed by atoms with Crippen molar-refractivity contribution in [2.24, 2.45) is 0 Å². The number of halogens is 3. The third-order valence-electron chi connectivity index (χ3n) is 3.22. The molecule has 8 heteroatoms. The van der Waals surface area contributed by atoms with Crippen LogP contribution < -0.4 is 0 Å². The highest BCUT2D eigenvalue weighted by Crippen LogP contribution is 2.19. The largest absolute Gasteiger partial charge is 0.449 e. The third kappa shape index (κ3) is 6.64. The average molecular weight is 324 g/mol. The lowest BCUT2D eigenvalue weighted by Gasteiger charge is -2.35. The van der Waals surface area contributed by atoms with E-state index in [1.54, 1.807) is 25.7 Å². The number of amides is 1. The molecule has 0 saturated carbocycles. The van der Waals surface area contributed by atoms with Gasteiger partial charge in [-0.2, -0.15) is 13.2 Å². The second-order valence-electron chi connectivity index (χ2n) is 6.33. The molecule has 1 saturated heterocycles. The number of nitrogens with zero attached hydrogens (tertiary/aromatic N) is 2. The summed E-state index contributed by atoms with van der Waals surface area (Å²) in [4.78, 5) is 26.2. The summed E-state index contributed by atoms with van der Waals surface area (Å²) in [6.45, 7) is 7.88. The highest BCUT2D eigenvalue weighted by atomic mass is 19.4. The molecule has 0 aromatic heterocycles. The van der Waals surface area contributed by atoms with Gasteiger partial charge in [-0.25, -0.2) is 4.79 Å². The fourth-order valence-corrected chi connectivity index (χ4v) is 2.09. The van der Waals surface area contributed by atoms with Crippen molar-refractivity contribution < 1.29 is 27.5 Å². The number of hydrogen-bond donors (Lipinski definition) is 0. The minimum Gasteiger partial charge on any atom is -0.444 e. The van der Waals surface area contributed by atoms with Crippen molar-refractivity contribution in [1.82, 2.24) is 9.80 Å². The molecular formula is C14H23F3N2O3. The van der Waals surface area contributed by atoms with Gasteiger partial charge in [0.05, 0.1) is 0 Å². The van der Waals surface area contributed by atoms with Crippen molar-refractivity contribution in [2.75, 3.05) is 32.7 Å². The van der Waals surface area contributed by atoms with Crippen molar-refractivity contribution in [3.8, 4) is 0 Å². The first-order valence-corrected chi connectivity index (χ1v) is 7.29. The molecular weight excluding hydrogens is 301 g/mol. The molecule has 0 bridgehead atoms. The van der Waals surface area contributed by atoms with Gasteiger partial charge in [0, 0.05) is 32.6 Å². The van der Waals surface area contributed by atoms with E-state index in [9.17, 15) is 22.8 Å². The lowest BCUT2D eigenvalue weighted by molar-refractivity contribution is -0.171. The molecule has 1 fully saturated rings. The Morgan fingerprint density at radius 3 is 2.05 bits per heavy atom. The number of ether oxygens (including phenoxy) is 1. The van der Waals surface area contributed by atoms with E-state index < -0.39 is 24.0 Å². The molecule has 128 valence electrons. The van der Waals surface area contributed by atoms with Gasteiger partial charge in [0.1, 0.15) is 5.60 Å². The lowest BCUT2D eigenvalue weighted by Crippen LogP contribution is -2.50. The van der Waals surface area contributed by atoms with Crippen LogP contribution in [0, 0.1) is 0 Å². The van der Waals surface area contributed by atoms with Crippen molar-refractivity contribution in [1.29, 1.82) is 0 Å². The SMILES string of the molecule is CC(C)(C)OC(=O)N1CCN(CCCC(=O)C(F)(F)F)CC1. The molecule has 0 aliphatic carbocycles. The zero-order valence-electron chi connectivity index (χ0n) is 13.2. The minimum atomic E-state index is -4.74. The molecule has 1 heterocycles. The Labute approximate surface area is 128 Å². The van der Waals surface area contributed by atoms with Gasteiger partial charge in [0.2, 0.25) is 5.78 Å². The van der Waals surface area contributed by atoms with Crippen LogP contribution in [-0.2, 0) is 9.53 Å². The fourth-order valence-electron chi connectivity index (χ4n) is 2.09. The molecule has 1 amide bonds. The highest BCUT2D eigenvalue weighted by molar-refractivity contribution is 5.83. The van der Waals surface area contributed by atoms with E-state index in [-0.39, 0.29) is 12.5 Å². The van der Waals surface area contributed by atoms with Gasteiger partial charge in [-0.15, -0.1) is 0 Å². The summed E-state index contributed by atoms with van der Waals surface area (Å²) in [5.74, 6) is -1.68. The van der Waals surface area contributed by atoms with Crippen LogP contribution >= 0.6 is 0 Å². The summed E-state index contributed by atoms with van der Waals surface area (Å²) in [7, 11) is 0. The topological polar surface area (TPSA) is 49.9 Å². The van der Waals surface area contributed by atoms with Crippen LogP contribution in [0.2, 0.25) is 0 Å². The minimum absolute atomic E-state index is 0.171. The van der Waals surface area contributed by atoms with Gasteiger partial charge in [-0.1, -0.05) is 0 Å². The average Bonchev–Trinajstić information content (AvgIpc) is 2.36. The number of rotatable bonds is 4. The molecule has 0 spiro atoms. The lowest BCUT2D eigenvalue weighted by atomic mass is 10.2. The highest BCUT2D eigenvalue weighted by Gasteiger charge is 2.37. The maximum atomic E-state index is 12.1. The molecule has 0 radical (unpaired) electrons. The van der Waals surface area contributed by atoms with Gasteiger partial charge in [0.15, 0.2) is 0 Å². The van der Waals surface area contributed by atoms with Crippen LogP contribution in [-0.4, -0.2) is 66.2 Å². The molecule has 1 rings (SSSR count). The predicted molar refractivity (Wildman–Crippen MR) is 74.5 cm³/mol. The number of hydrogen-bond acceptors (Lipinski definition) is 4. The number of ketones is 1.